The average Bonchev–Trinajstić information content (AvgIpc) is 3.80. The molecule has 6 rings (SSSR count). The first kappa shape index (κ1) is 51.5. The molecule has 0 radical (unpaired) electrons. The van der Waals surface area contributed by atoms with Crippen molar-refractivity contribution in [1.29, 1.82) is 0 Å². The molecule has 1 N–H and O–H groups in total. The normalized spacial score (nSPS) is 18.9. The second-order valence-corrected chi connectivity index (χ2v) is 18.3. The Kier molecular flexibility index (Phi) is 15.5. The van der Waals surface area contributed by atoms with Gasteiger partial charge in [0, 0.05) is 60.6 Å². The minimum Gasteiger partial charge on any atom is -0.444 e. The summed E-state index contributed by atoms with van der Waals surface area (Å²) >= 11 is 0. The fraction of sp³-hybridized carbons (Fsp3) is 0.489. The lowest BCUT2D eigenvalue weighted by Crippen LogP contribution is -2.44. The number of pyridine rings is 2. The van der Waals surface area contributed by atoms with Crippen LogP contribution >= 0.6 is 0 Å². The fourth-order valence-electron chi connectivity index (χ4n) is 7.01. The Labute approximate surface area is 381 Å². The Morgan fingerprint density at radius 3 is 1.51 bits per heavy atom. The maximum absolute atomic E-state index is 13.0. The number of ketones is 3. The van der Waals surface area contributed by atoms with E-state index in [-0.39, 0.29) is 69.0 Å². The molecule has 2 saturated heterocycles. The van der Waals surface area contributed by atoms with Gasteiger partial charge in [0.05, 0.1) is 36.1 Å². The second kappa shape index (κ2) is 20.2. The predicted octanol–water partition coefficient (Wildman–Crippen LogP) is 7.46. The van der Waals surface area contributed by atoms with E-state index in [0.717, 1.165) is 29.4 Å². The Morgan fingerprint density at radius 2 is 1.10 bits per heavy atom. The number of hydrogen-bond donors (Lipinski definition) is 1. The van der Waals surface area contributed by atoms with Gasteiger partial charge in [0.15, 0.2) is 17.3 Å². The molecule has 22 heteroatoms. The summed E-state index contributed by atoms with van der Waals surface area (Å²) < 4.78 is 87.0. The third-order valence-electron chi connectivity index (χ3n) is 10.1. The summed E-state index contributed by atoms with van der Waals surface area (Å²) in [5.74, 6) is -0.776. The molecule has 2 fully saturated rings. The van der Waals surface area contributed by atoms with Crippen molar-refractivity contribution in [2.24, 2.45) is 0 Å². The van der Waals surface area contributed by atoms with Crippen LogP contribution in [0.15, 0.2) is 61.4 Å². The van der Waals surface area contributed by atoms with Crippen LogP contribution in [0.4, 0.5) is 35.9 Å². The van der Waals surface area contributed by atoms with Gasteiger partial charge in [-0.25, -0.2) is 29.5 Å². The van der Waals surface area contributed by atoms with Gasteiger partial charge in [0.2, 0.25) is 0 Å². The van der Waals surface area contributed by atoms with Gasteiger partial charge in [-0.2, -0.15) is 26.3 Å². The van der Waals surface area contributed by atoms with E-state index < -0.39 is 64.8 Å². The number of rotatable bonds is 10. The SMILES string of the molecule is CC(C)(C)OC(=O)N1CC(=O)C[C@H]1C(=O)CCc1cc(-c2ccc(C(F)(F)F)nc2)ncn1.CC1(O)C[C@@H](C(=O)CCc2cc(-c3ccc(C(F)(F)F)nc3)ncn2)N(C(=O)OC(C)(C)C)C1. The third kappa shape index (κ3) is 14.8. The van der Waals surface area contributed by atoms with Gasteiger partial charge in [0.25, 0.3) is 0 Å². The van der Waals surface area contributed by atoms with Crippen molar-refractivity contribution in [3.8, 4) is 22.5 Å². The van der Waals surface area contributed by atoms with Gasteiger partial charge >= 0.3 is 24.5 Å². The minimum absolute atomic E-state index is 0.0129. The summed E-state index contributed by atoms with van der Waals surface area (Å²) in [5.41, 5.74) is -2.25. The standard InChI is InChI=1S/C23H27F3N4O4.C22H23F3N4O4/c1-21(2,3)34-20(32)30-12-22(4,33)10-17(30)18(31)7-6-15-9-16(29-13-28-15)14-5-8-19(27-11-14)23(24,25)26;1-21(2,3)33-20(32)29-11-15(30)9-17(29)18(31)6-5-14-8-16(28-12-27-14)13-4-7-19(26-10-13)22(23,24)25/h5,8-9,11,13,17,33H,6-7,10,12H2,1-4H3;4,7-8,10,12,17H,5-6,9,11H2,1-3H3/t17-,22?;17-/m00/s1. The van der Waals surface area contributed by atoms with Crippen molar-refractivity contribution in [1.82, 2.24) is 39.7 Å². The molecule has 0 bridgehead atoms. The summed E-state index contributed by atoms with van der Waals surface area (Å²) in [6.45, 7) is 11.6. The molecule has 1 unspecified atom stereocenters. The van der Waals surface area contributed by atoms with E-state index in [9.17, 15) is 55.4 Å². The third-order valence-corrected chi connectivity index (χ3v) is 10.1. The van der Waals surface area contributed by atoms with Crippen molar-refractivity contribution in [3.63, 3.8) is 0 Å². The van der Waals surface area contributed by atoms with Crippen molar-refractivity contribution in [2.45, 2.75) is 128 Å². The Balaban J connectivity index is 0.000000251. The molecule has 0 aliphatic carbocycles. The number of aryl methyl sites for hydroxylation is 2. The predicted molar refractivity (Wildman–Crippen MR) is 226 cm³/mol. The maximum atomic E-state index is 13.0. The highest BCUT2D eigenvalue weighted by Crippen LogP contribution is 2.32. The molecule has 360 valence electrons. The molecule has 67 heavy (non-hydrogen) atoms. The molecule has 16 nitrogen and oxygen atoms in total. The molecular weight excluding hydrogens is 895 g/mol. The van der Waals surface area contributed by atoms with Gasteiger partial charge in [-0.05, 0) is 97.7 Å². The summed E-state index contributed by atoms with van der Waals surface area (Å²) in [7, 11) is 0. The number of likely N-dealkylation sites (tertiary alicyclic amines) is 2. The van der Waals surface area contributed by atoms with Crippen LogP contribution in [0.1, 0.15) is 96.9 Å². The van der Waals surface area contributed by atoms with E-state index in [1.54, 1.807) is 60.6 Å². The number of β-amino-alcohol motifs (C(OH)–C–C–N with tert-alkyl or cyclic N) is 1. The largest absolute Gasteiger partial charge is 0.444 e. The average molecular weight is 945 g/mol. The number of halogens is 6. The van der Waals surface area contributed by atoms with E-state index in [1.165, 1.54) is 29.7 Å². The molecule has 2 aliphatic rings. The van der Waals surface area contributed by atoms with E-state index in [2.05, 4.69) is 29.9 Å². The van der Waals surface area contributed by atoms with Crippen LogP contribution in [0.3, 0.4) is 0 Å². The van der Waals surface area contributed by atoms with Crippen LogP contribution in [-0.4, -0.2) is 116 Å². The lowest BCUT2D eigenvalue weighted by Gasteiger charge is -2.28. The summed E-state index contributed by atoms with van der Waals surface area (Å²) in [4.78, 5) is 88.2. The van der Waals surface area contributed by atoms with Gasteiger partial charge in [-0.3, -0.25) is 34.2 Å². The van der Waals surface area contributed by atoms with Gasteiger partial charge in [0.1, 0.15) is 41.3 Å². The number of Topliss-reactive ketones (excluding diaryl/α,β-unsaturated/α-hetero) is 3. The summed E-state index contributed by atoms with van der Waals surface area (Å²) in [6, 6.07) is 5.68. The zero-order chi connectivity index (χ0) is 49.7. The lowest BCUT2D eigenvalue weighted by atomic mass is 9.98. The number of aliphatic hydroxyl groups is 1. The molecule has 4 aromatic rings. The van der Waals surface area contributed by atoms with Crippen LogP contribution in [0, 0.1) is 0 Å². The zero-order valence-corrected chi connectivity index (χ0v) is 37.7. The first-order valence-electron chi connectivity index (χ1n) is 21.0. The van der Waals surface area contributed by atoms with E-state index in [1.807, 2.05) is 0 Å². The number of carbonyl (C=O) groups excluding carboxylic acids is 5. The number of carbonyl (C=O) groups is 5. The van der Waals surface area contributed by atoms with Crippen molar-refractivity contribution in [3.05, 3.63) is 84.2 Å². The van der Waals surface area contributed by atoms with Crippen LogP contribution in [0.25, 0.3) is 22.5 Å². The number of alkyl halides is 6. The quantitative estimate of drug-likeness (QED) is 0.153. The maximum Gasteiger partial charge on any atom is 0.433 e. The number of amides is 2. The van der Waals surface area contributed by atoms with Gasteiger partial charge < -0.3 is 14.6 Å². The van der Waals surface area contributed by atoms with E-state index in [4.69, 9.17) is 9.47 Å². The Hall–Kier alpha value is -6.45. The minimum atomic E-state index is -4.54. The monoisotopic (exact) mass is 944 g/mol. The molecule has 2 aliphatic heterocycles. The smallest absolute Gasteiger partial charge is 0.433 e. The molecule has 0 spiro atoms. The molecule has 0 aromatic carbocycles. The van der Waals surface area contributed by atoms with Crippen molar-refractivity contribution < 1.29 is 64.9 Å². The summed E-state index contributed by atoms with van der Waals surface area (Å²) in [5, 5.41) is 10.5. The number of hydrogen-bond acceptors (Lipinski definition) is 14. The highest BCUT2D eigenvalue weighted by Gasteiger charge is 2.46. The number of aromatic nitrogens is 6. The van der Waals surface area contributed by atoms with Gasteiger partial charge in [-0.1, -0.05) is 0 Å². The fourth-order valence-corrected chi connectivity index (χ4v) is 7.01. The van der Waals surface area contributed by atoms with Crippen LogP contribution in [0.2, 0.25) is 0 Å². The van der Waals surface area contributed by atoms with Crippen molar-refractivity contribution >= 4 is 29.5 Å². The topological polar surface area (TPSA) is 208 Å². The zero-order valence-electron chi connectivity index (χ0n) is 37.7. The van der Waals surface area contributed by atoms with Gasteiger partial charge in [-0.15, -0.1) is 0 Å². The van der Waals surface area contributed by atoms with E-state index >= 15 is 0 Å². The highest BCUT2D eigenvalue weighted by atomic mass is 19.4. The first-order valence-corrected chi connectivity index (χ1v) is 21.0. The molecule has 3 atom stereocenters. The van der Waals surface area contributed by atoms with E-state index in [0.29, 0.717) is 33.9 Å². The van der Waals surface area contributed by atoms with Crippen LogP contribution < -0.4 is 0 Å². The lowest BCUT2D eigenvalue weighted by molar-refractivity contribution is -0.141. The molecule has 4 aromatic heterocycles. The molecule has 0 saturated carbocycles. The summed E-state index contributed by atoms with van der Waals surface area (Å²) in [6.07, 6.45) is -5.27. The van der Waals surface area contributed by atoms with Crippen LogP contribution in [0.5, 0.6) is 0 Å². The first-order chi connectivity index (χ1) is 31.0. The Morgan fingerprint density at radius 1 is 0.672 bits per heavy atom. The Bertz CT molecular complexity index is 2440. The highest BCUT2D eigenvalue weighted by molar-refractivity contribution is 5.98. The molecular formula is C45H50F6N8O8. The number of nitrogens with zero attached hydrogens (tertiary/aromatic N) is 8. The van der Waals surface area contributed by atoms with Crippen LogP contribution in [-0.2, 0) is 49.1 Å². The molecule has 2 amide bonds. The second-order valence-electron chi connectivity index (χ2n) is 18.3. The number of ether oxygens (including phenoxy) is 2. The molecule has 6 heterocycles. The van der Waals surface area contributed by atoms with Crippen molar-refractivity contribution in [2.75, 3.05) is 13.1 Å².